The summed E-state index contributed by atoms with van der Waals surface area (Å²) in [6.07, 6.45) is 0. The van der Waals surface area contributed by atoms with Crippen LogP contribution in [-0.2, 0) is 5.60 Å². The zero-order valence-electron chi connectivity index (χ0n) is 17.9. The highest BCUT2D eigenvalue weighted by atomic mass is 32.1. The minimum Gasteiger partial charge on any atom is -0.491 e. The topological polar surface area (TPSA) is 115 Å². The van der Waals surface area contributed by atoms with Gasteiger partial charge in [-0.25, -0.2) is 9.37 Å². The number of nitrogens with zero attached hydrogens (tertiary/aromatic N) is 3. The molecule has 4 rings (SSSR count). The van der Waals surface area contributed by atoms with Gasteiger partial charge >= 0.3 is 0 Å². The van der Waals surface area contributed by atoms with Crippen LogP contribution in [0.15, 0.2) is 22.7 Å². The van der Waals surface area contributed by atoms with Gasteiger partial charge in [0, 0.05) is 17.7 Å². The number of aliphatic hydroxyl groups is 1. The van der Waals surface area contributed by atoms with Crippen molar-refractivity contribution in [1.82, 2.24) is 15.0 Å². The lowest BCUT2D eigenvalue weighted by atomic mass is 10.0. The molecule has 0 saturated carbocycles. The second-order valence-corrected chi connectivity index (χ2v) is 8.89. The van der Waals surface area contributed by atoms with Gasteiger partial charge < -0.3 is 20.1 Å². The monoisotopic (exact) mass is 456 g/mol. The van der Waals surface area contributed by atoms with E-state index in [-0.39, 0.29) is 28.9 Å². The molecule has 0 spiro atoms. The molecule has 1 aromatic carbocycles. The Morgan fingerprint density at radius 3 is 2.78 bits per heavy atom. The molecule has 1 amide bonds. The van der Waals surface area contributed by atoms with Gasteiger partial charge in [-0.05, 0) is 34.0 Å². The highest BCUT2D eigenvalue weighted by Crippen LogP contribution is 2.43. The summed E-state index contributed by atoms with van der Waals surface area (Å²) in [4.78, 5) is 18.9. The highest BCUT2D eigenvalue weighted by molar-refractivity contribution is 7.14. The fourth-order valence-corrected chi connectivity index (χ4v) is 4.40. The smallest absolute Gasteiger partial charge is 0.277 e. The lowest BCUT2D eigenvalue weighted by molar-refractivity contribution is 0.0999. The first-order valence-electron chi connectivity index (χ1n) is 9.70. The predicted octanol–water partition coefficient (Wildman–Crippen LogP) is 2.60. The fraction of sp³-hybridized carbons (Fsp3) is 0.318. The van der Waals surface area contributed by atoms with E-state index >= 15 is 0 Å². The van der Waals surface area contributed by atoms with Crippen molar-refractivity contribution in [2.24, 2.45) is 5.73 Å². The molecule has 0 bridgehead atoms. The lowest BCUT2D eigenvalue weighted by Gasteiger charge is -2.21. The first-order chi connectivity index (χ1) is 15.1. The van der Waals surface area contributed by atoms with Gasteiger partial charge in [0.25, 0.3) is 5.91 Å². The average Bonchev–Trinajstić information content (AvgIpc) is 3.32. The Kier molecular flexibility index (Phi) is 5.50. The summed E-state index contributed by atoms with van der Waals surface area (Å²) in [5, 5.41) is 14.6. The molecule has 32 heavy (non-hydrogen) atoms. The molecular weight excluding hydrogens is 435 g/mol. The van der Waals surface area contributed by atoms with E-state index in [0.717, 1.165) is 4.88 Å². The minimum absolute atomic E-state index is 0.0377. The first-order valence-corrected chi connectivity index (χ1v) is 10.5. The van der Waals surface area contributed by atoms with Crippen LogP contribution >= 0.6 is 11.3 Å². The van der Waals surface area contributed by atoms with Gasteiger partial charge in [-0.15, -0.1) is 11.3 Å². The highest BCUT2D eigenvalue weighted by Gasteiger charge is 2.31. The lowest BCUT2D eigenvalue weighted by Crippen LogP contribution is -2.24. The number of hydrogen-bond donors (Lipinski definition) is 2. The molecule has 0 aliphatic carbocycles. The number of carbonyl (C=O) groups is 1. The van der Waals surface area contributed by atoms with E-state index < -0.39 is 17.3 Å². The van der Waals surface area contributed by atoms with Crippen molar-refractivity contribution in [2.75, 3.05) is 20.7 Å². The number of aromatic nitrogens is 2. The van der Waals surface area contributed by atoms with Gasteiger partial charge in [0.2, 0.25) is 0 Å². The number of thiazole rings is 1. The maximum Gasteiger partial charge on any atom is 0.277 e. The summed E-state index contributed by atoms with van der Waals surface area (Å²) in [5.74, 6) is 4.90. The Balaban J connectivity index is 1.82. The molecule has 0 unspecified atom stereocenters. The number of primary amides is 1. The SMILES string of the molecule is Cc1cc([C@](C)(O)C#Cc2cc3c(cc2F)OC[C@H](N(C)C)c2sc(C(N)=O)nc2-3)no1. The third-order valence-electron chi connectivity index (χ3n) is 5.08. The van der Waals surface area contributed by atoms with Crippen molar-refractivity contribution >= 4 is 17.2 Å². The number of aryl methyl sites for hydroxylation is 1. The number of fused-ring (bicyclic) bond motifs is 3. The summed E-state index contributed by atoms with van der Waals surface area (Å²) >= 11 is 1.19. The van der Waals surface area contributed by atoms with E-state index in [0.29, 0.717) is 22.8 Å². The van der Waals surface area contributed by atoms with Crippen molar-refractivity contribution in [3.63, 3.8) is 0 Å². The molecule has 8 nitrogen and oxygen atoms in total. The molecule has 0 radical (unpaired) electrons. The zero-order valence-corrected chi connectivity index (χ0v) is 18.7. The van der Waals surface area contributed by atoms with E-state index in [2.05, 4.69) is 22.0 Å². The minimum atomic E-state index is -1.64. The predicted molar refractivity (Wildman–Crippen MR) is 116 cm³/mol. The molecule has 3 heterocycles. The van der Waals surface area contributed by atoms with Gasteiger partial charge in [-0.3, -0.25) is 9.69 Å². The summed E-state index contributed by atoms with van der Waals surface area (Å²) in [5.41, 5.74) is 5.06. The molecule has 2 atom stereocenters. The molecule has 1 aliphatic rings. The van der Waals surface area contributed by atoms with Gasteiger partial charge in [0.1, 0.15) is 29.6 Å². The molecule has 3 N–H and O–H groups in total. The largest absolute Gasteiger partial charge is 0.491 e. The van der Waals surface area contributed by atoms with Crippen LogP contribution in [0.5, 0.6) is 5.75 Å². The summed E-state index contributed by atoms with van der Waals surface area (Å²) in [7, 11) is 3.76. The number of amides is 1. The van der Waals surface area contributed by atoms with Crippen molar-refractivity contribution in [3.05, 3.63) is 50.9 Å². The summed E-state index contributed by atoms with van der Waals surface area (Å²) in [6.45, 7) is 3.39. The van der Waals surface area contributed by atoms with Crippen LogP contribution in [0.2, 0.25) is 0 Å². The second-order valence-electron chi connectivity index (χ2n) is 7.86. The number of likely N-dealkylation sites (N-methyl/N-ethyl adjacent to an activating group) is 1. The fourth-order valence-electron chi connectivity index (χ4n) is 3.29. The maximum atomic E-state index is 14.9. The van der Waals surface area contributed by atoms with Crippen molar-refractivity contribution < 1.29 is 23.6 Å². The van der Waals surface area contributed by atoms with Crippen LogP contribution in [0.4, 0.5) is 4.39 Å². The van der Waals surface area contributed by atoms with Crippen molar-refractivity contribution in [3.8, 4) is 28.8 Å². The zero-order chi connectivity index (χ0) is 23.2. The van der Waals surface area contributed by atoms with E-state index in [4.69, 9.17) is 15.0 Å². The Bertz CT molecular complexity index is 1270. The van der Waals surface area contributed by atoms with Gasteiger partial charge in [-0.1, -0.05) is 17.0 Å². The molecular formula is C22H21FN4O4S. The first kappa shape index (κ1) is 22.0. The number of halogens is 1. The third kappa shape index (κ3) is 3.98. The van der Waals surface area contributed by atoms with Gasteiger partial charge in [0.05, 0.1) is 22.2 Å². The summed E-state index contributed by atoms with van der Waals surface area (Å²) < 4.78 is 25.7. The maximum absolute atomic E-state index is 14.9. The van der Waals surface area contributed by atoms with E-state index in [1.807, 2.05) is 19.0 Å². The number of hydrogen-bond acceptors (Lipinski definition) is 8. The summed E-state index contributed by atoms with van der Waals surface area (Å²) in [6, 6.07) is 4.10. The van der Waals surface area contributed by atoms with Crippen molar-refractivity contribution in [1.29, 1.82) is 0 Å². The molecule has 2 aromatic heterocycles. The van der Waals surface area contributed by atoms with Gasteiger partial charge in [-0.2, -0.15) is 0 Å². The average molecular weight is 456 g/mol. The Morgan fingerprint density at radius 1 is 1.41 bits per heavy atom. The van der Waals surface area contributed by atoms with E-state index in [9.17, 15) is 14.3 Å². The normalized spacial score (nSPS) is 16.8. The van der Waals surface area contributed by atoms with E-state index in [1.54, 1.807) is 13.0 Å². The standard InChI is InChI=1S/C22H21FN4O4S/c1-11-7-17(26-31-11)22(2,29)6-5-12-8-13-16(9-14(12)23)30-10-15(27(3)4)19-18(13)25-21(32-19)20(24)28/h7-9,15,29H,10H2,1-4H3,(H2,24,28)/t15-,22+/m0/s1. The number of benzene rings is 1. The Morgan fingerprint density at radius 2 is 2.16 bits per heavy atom. The molecule has 166 valence electrons. The van der Waals surface area contributed by atoms with Crippen molar-refractivity contribution in [2.45, 2.75) is 25.5 Å². The van der Waals surface area contributed by atoms with Crippen LogP contribution < -0.4 is 10.5 Å². The number of ether oxygens (including phenoxy) is 1. The molecule has 0 saturated heterocycles. The van der Waals surface area contributed by atoms with Crippen LogP contribution in [0.1, 0.15) is 44.7 Å². The second kappa shape index (κ2) is 8.02. The molecule has 3 aromatic rings. The number of carbonyl (C=O) groups excluding carboxylic acids is 1. The van der Waals surface area contributed by atoms with Crippen LogP contribution in [-0.4, -0.2) is 46.8 Å². The number of nitrogens with two attached hydrogens (primary N) is 1. The Labute approximate surface area is 187 Å². The quantitative estimate of drug-likeness (QED) is 0.582. The van der Waals surface area contributed by atoms with Crippen LogP contribution in [0, 0.1) is 24.6 Å². The molecule has 0 fully saturated rings. The molecule has 10 heteroatoms. The molecule has 1 aliphatic heterocycles. The third-order valence-corrected chi connectivity index (χ3v) is 6.25. The van der Waals surface area contributed by atoms with E-state index in [1.165, 1.54) is 30.4 Å². The van der Waals surface area contributed by atoms with Crippen LogP contribution in [0.25, 0.3) is 11.3 Å². The van der Waals surface area contributed by atoms with Crippen LogP contribution in [0.3, 0.4) is 0 Å². The number of rotatable bonds is 3. The Hall–Kier alpha value is -3.26. The van der Waals surface area contributed by atoms with Gasteiger partial charge in [0.15, 0.2) is 10.6 Å².